The number of halogens is 1. The van der Waals surface area contributed by atoms with Gasteiger partial charge >= 0.3 is 5.97 Å². The number of hydrogen-bond acceptors (Lipinski definition) is 4. The van der Waals surface area contributed by atoms with Gasteiger partial charge in [0.15, 0.2) is 0 Å². The Morgan fingerprint density at radius 3 is 2.83 bits per heavy atom. The lowest BCUT2D eigenvalue weighted by Crippen LogP contribution is -2.03. The molecule has 0 amide bonds. The molecule has 1 heterocycles. The number of carbonyl (C=O) groups is 1. The van der Waals surface area contributed by atoms with E-state index in [-0.39, 0.29) is 5.97 Å². The molecular formula is C13H12ClNO2S. The molecule has 1 aromatic carbocycles. The average molecular weight is 282 g/mol. The predicted molar refractivity (Wildman–Crippen MR) is 73.3 cm³/mol. The van der Waals surface area contributed by atoms with Crippen LogP contribution >= 0.6 is 22.9 Å². The fraction of sp³-hybridized carbons (Fsp3) is 0.231. The van der Waals surface area contributed by atoms with Crippen LogP contribution in [-0.2, 0) is 4.74 Å². The summed E-state index contributed by atoms with van der Waals surface area (Å²) in [5.41, 5.74) is 1.51. The zero-order valence-corrected chi connectivity index (χ0v) is 11.6. The van der Waals surface area contributed by atoms with Gasteiger partial charge in [-0.25, -0.2) is 9.78 Å². The standard InChI is InChI=1S/C13H12ClNO2S/c1-3-17-13(16)11-8(2)15-12(18-11)9-6-4-5-7-10(9)14/h4-7H,3H2,1-2H3. The number of ether oxygens (including phenoxy) is 1. The van der Waals surface area contributed by atoms with Gasteiger partial charge in [0.05, 0.1) is 17.3 Å². The second-order valence-electron chi connectivity index (χ2n) is 3.63. The molecule has 0 aliphatic heterocycles. The number of hydrogen-bond donors (Lipinski definition) is 0. The van der Waals surface area contributed by atoms with E-state index in [2.05, 4.69) is 4.98 Å². The van der Waals surface area contributed by atoms with E-state index >= 15 is 0 Å². The largest absolute Gasteiger partial charge is 0.462 e. The van der Waals surface area contributed by atoms with Crippen LogP contribution in [0.4, 0.5) is 0 Å². The highest BCUT2D eigenvalue weighted by Crippen LogP contribution is 2.32. The summed E-state index contributed by atoms with van der Waals surface area (Å²) in [7, 11) is 0. The first kappa shape index (κ1) is 13.1. The van der Waals surface area contributed by atoms with Gasteiger partial charge in [0.1, 0.15) is 9.88 Å². The number of rotatable bonds is 3. The molecule has 0 fully saturated rings. The van der Waals surface area contributed by atoms with Crippen molar-refractivity contribution in [3.63, 3.8) is 0 Å². The van der Waals surface area contributed by atoms with Crippen LogP contribution in [0.2, 0.25) is 5.02 Å². The van der Waals surface area contributed by atoms with Gasteiger partial charge in [-0.3, -0.25) is 0 Å². The molecule has 0 aliphatic rings. The van der Waals surface area contributed by atoms with Crippen molar-refractivity contribution in [2.45, 2.75) is 13.8 Å². The van der Waals surface area contributed by atoms with Crippen LogP contribution in [0.1, 0.15) is 22.3 Å². The summed E-state index contributed by atoms with van der Waals surface area (Å²) in [6.45, 7) is 3.93. The maximum atomic E-state index is 11.7. The van der Waals surface area contributed by atoms with Crippen molar-refractivity contribution in [2.24, 2.45) is 0 Å². The Morgan fingerprint density at radius 1 is 1.44 bits per heavy atom. The molecule has 3 nitrogen and oxygen atoms in total. The molecule has 0 saturated heterocycles. The monoisotopic (exact) mass is 281 g/mol. The summed E-state index contributed by atoms with van der Waals surface area (Å²) in [5, 5.41) is 1.36. The third kappa shape index (κ3) is 2.54. The molecule has 2 aromatic rings. The number of thiazole rings is 1. The normalized spacial score (nSPS) is 10.4. The SMILES string of the molecule is CCOC(=O)c1sc(-c2ccccc2Cl)nc1C. The molecule has 5 heteroatoms. The Bertz CT molecular complexity index is 580. The Balaban J connectivity index is 2.41. The quantitative estimate of drug-likeness (QED) is 0.800. The zero-order valence-electron chi connectivity index (χ0n) is 10.1. The average Bonchev–Trinajstić information content (AvgIpc) is 2.72. The van der Waals surface area contributed by atoms with Crippen molar-refractivity contribution in [2.75, 3.05) is 6.61 Å². The summed E-state index contributed by atoms with van der Waals surface area (Å²) in [4.78, 5) is 16.6. The summed E-state index contributed by atoms with van der Waals surface area (Å²) in [6.07, 6.45) is 0. The molecule has 0 saturated carbocycles. The molecule has 2 rings (SSSR count). The van der Waals surface area contributed by atoms with Crippen LogP contribution in [0, 0.1) is 6.92 Å². The highest BCUT2D eigenvalue weighted by Gasteiger charge is 2.18. The molecular weight excluding hydrogens is 270 g/mol. The van der Waals surface area contributed by atoms with Crippen molar-refractivity contribution < 1.29 is 9.53 Å². The minimum Gasteiger partial charge on any atom is -0.462 e. The molecule has 0 N–H and O–H groups in total. The summed E-state index contributed by atoms with van der Waals surface area (Å²) >= 11 is 7.42. The molecule has 0 radical (unpaired) electrons. The fourth-order valence-electron chi connectivity index (χ4n) is 1.53. The molecule has 0 aliphatic carbocycles. The van der Waals surface area contributed by atoms with E-state index in [1.807, 2.05) is 18.2 Å². The first-order valence-corrected chi connectivity index (χ1v) is 6.72. The third-order valence-corrected chi connectivity index (χ3v) is 3.86. The summed E-state index contributed by atoms with van der Waals surface area (Å²) < 4.78 is 4.99. The van der Waals surface area contributed by atoms with Crippen molar-refractivity contribution in [1.29, 1.82) is 0 Å². The molecule has 0 atom stereocenters. The zero-order chi connectivity index (χ0) is 13.1. The number of aromatic nitrogens is 1. The minimum absolute atomic E-state index is 0.328. The molecule has 0 bridgehead atoms. The number of benzene rings is 1. The van der Waals surface area contributed by atoms with Crippen LogP contribution in [0.15, 0.2) is 24.3 Å². The molecule has 18 heavy (non-hydrogen) atoms. The van der Waals surface area contributed by atoms with Gasteiger partial charge < -0.3 is 4.74 Å². The van der Waals surface area contributed by atoms with E-state index in [1.54, 1.807) is 19.9 Å². The van der Waals surface area contributed by atoms with Crippen molar-refractivity contribution in [1.82, 2.24) is 4.98 Å². The van der Waals surface area contributed by atoms with Crippen molar-refractivity contribution in [3.05, 3.63) is 39.9 Å². The number of aryl methyl sites for hydroxylation is 1. The second kappa shape index (κ2) is 5.50. The van der Waals surface area contributed by atoms with Crippen LogP contribution in [0.3, 0.4) is 0 Å². The summed E-state index contributed by atoms with van der Waals surface area (Å²) in [5.74, 6) is -0.328. The van der Waals surface area contributed by atoms with Gasteiger partial charge in [-0.2, -0.15) is 0 Å². The Morgan fingerprint density at radius 2 is 2.17 bits per heavy atom. The van der Waals surface area contributed by atoms with E-state index < -0.39 is 0 Å². The lowest BCUT2D eigenvalue weighted by atomic mass is 10.2. The van der Waals surface area contributed by atoms with E-state index in [0.29, 0.717) is 22.2 Å². The molecule has 0 unspecified atom stereocenters. The van der Waals surface area contributed by atoms with Gasteiger partial charge in [-0.05, 0) is 19.9 Å². The van der Waals surface area contributed by atoms with Gasteiger partial charge in [0.2, 0.25) is 0 Å². The fourth-order valence-corrected chi connectivity index (χ4v) is 2.81. The minimum atomic E-state index is -0.328. The van der Waals surface area contributed by atoms with Gasteiger partial charge in [-0.1, -0.05) is 29.8 Å². The van der Waals surface area contributed by atoms with E-state index in [1.165, 1.54) is 11.3 Å². The van der Waals surface area contributed by atoms with E-state index in [9.17, 15) is 4.79 Å². The van der Waals surface area contributed by atoms with E-state index in [0.717, 1.165) is 10.6 Å². The maximum Gasteiger partial charge on any atom is 0.350 e. The summed E-state index contributed by atoms with van der Waals surface area (Å²) in [6, 6.07) is 7.44. The maximum absolute atomic E-state index is 11.7. The Labute approximate surface area is 114 Å². The van der Waals surface area contributed by atoms with Gasteiger partial charge in [0, 0.05) is 5.56 Å². The molecule has 94 valence electrons. The third-order valence-electron chi connectivity index (χ3n) is 2.36. The second-order valence-corrected chi connectivity index (χ2v) is 5.04. The lowest BCUT2D eigenvalue weighted by molar-refractivity contribution is 0.0531. The van der Waals surface area contributed by atoms with Crippen molar-refractivity contribution >= 4 is 28.9 Å². The van der Waals surface area contributed by atoms with Gasteiger partial charge in [0.25, 0.3) is 0 Å². The first-order valence-electron chi connectivity index (χ1n) is 5.53. The smallest absolute Gasteiger partial charge is 0.350 e. The number of esters is 1. The number of carbonyl (C=O) groups excluding carboxylic acids is 1. The van der Waals surface area contributed by atoms with Crippen molar-refractivity contribution in [3.8, 4) is 10.6 Å². The Hall–Kier alpha value is -1.39. The number of nitrogens with zero attached hydrogens (tertiary/aromatic N) is 1. The highest BCUT2D eigenvalue weighted by molar-refractivity contribution is 7.17. The topological polar surface area (TPSA) is 39.2 Å². The van der Waals surface area contributed by atoms with Crippen LogP contribution < -0.4 is 0 Å². The van der Waals surface area contributed by atoms with Crippen LogP contribution in [0.5, 0.6) is 0 Å². The predicted octanol–water partition coefficient (Wildman–Crippen LogP) is 3.95. The van der Waals surface area contributed by atoms with Crippen LogP contribution in [0.25, 0.3) is 10.6 Å². The Kier molecular flexibility index (Phi) is 3.99. The lowest BCUT2D eigenvalue weighted by Gasteiger charge is -1.98. The van der Waals surface area contributed by atoms with E-state index in [4.69, 9.17) is 16.3 Å². The molecule has 1 aromatic heterocycles. The van der Waals surface area contributed by atoms with Crippen LogP contribution in [-0.4, -0.2) is 17.6 Å². The highest BCUT2D eigenvalue weighted by atomic mass is 35.5. The molecule has 0 spiro atoms. The first-order chi connectivity index (χ1) is 8.63. The van der Waals surface area contributed by atoms with Gasteiger partial charge in [-0.15, -0.1) is 11.3 Å².